The van der Waals surface area contributed by atoms with Crippen LogP contribution in [0.3, 0.4) is 0 Å². The monoisotopic (exact) mass is 355 g/mol. The molecule has 6 heteroatoms. The number of hydrogen-bond acceptors (Lipinski definition) is 4. The van der Waals surface area contributed by atoms with E-state index in [0.29, 0.717) is 16.8 Å². The van der Waals surface area contributed by atoms with Crippen molar-refractivity contribution in [2.45, 2.75) is 19.8 Å². The first-order valence-electron chi connectivity index (χ1n) is 6.14. The van der Waals surface area contributed by atoms with Crippen molar-refractivity contribution in [3.8, 4) is 5.75 Å². The van der Waals surface area contributed by atoms with E-state index in [-0.39, 0.29) is 5.92 Å². The molecule has 0 saturated heterocycles. The van der Waals surface area contributed by atoms with Gasteiger partial charge in [0, 0.05) is 23.7 Å². The van der Waals surface area contributed by atoms with Gasteiger partial charge in [-0.15, -0.1) is 0 Å². The van der Waals surface area contributed by atoms with Gasteiger partial charge in [0.05, 0.1) is 11.6 Å². The van der Waals surface area contributed by atoms with Crippen LogP contribution in [0.2, 0.25) is 5.15 Å². The Balaban J connectivity index is 2.30. The molecule has 1 aromatic carbocycles. The smallest absolute Gasteiger partial charge is 0.135 e. The topological polar surface area (TPSA) is 47.0 Å². The lowest BCUT2D eigenvalue weighted by atomic mass is 10.2. The summed E-state index contributed by atoms with van der Waals surface area (Å²) in [5.41, 5.74) is 0.870. The van der Waals surface area contributed by atoms with Crippen molar-refractivity contribution >= 4 is 39.0 Å². The summed E-state index contributed by atoms with van der Waals surface area (Å²) in [6, 6.07) is 7.42. The van der Waals surface area contributed by atoms with Crippen LogP contribution >= 0.6 is 27.5 Å². The molecule has 0 aliphatic heterocycles. The number of aromatic nitrogens is 2. The van der Waals surface area contributed by atoms with Crippen molar-refractivity contribution in [3.63, 3.8) is 0 Å². The molecule has 20 heavy (non-hydrogen) atoms. The first kappa shape index (κ1) is 15.1. The van der Waals surface area contributed by atoms with Gasteiger partial charge in [0.2, 0.25) is 0 Å². The second kappa shape index (κ2) is 6.41. The van der Waals surface area contributed by atoms with Crippen LogP contribution in [0, 0.1) is 0 Å². The third-order valence-electron chi connectivity index (χ3n) is 2.65. The van der Waals surface area contributed by atoms with Crippen LogP contribution in [0.1, 0.15) is 25.6 Å². The van der Waals surface area contributed by atoms with Gasteiger partial charge in [-0.2, -0.15) is 0 Å². The van der Waals surface area contributed by atoms with Crippen molar-refractivity contribution in [3.05, 3.63) is 39.7 Å². The van der Waals surface area contributed by atoms with Crippen molar-refractivity contribution in [2.75, 3.05) is 12.4 Å². The fraction of sp³-hybridized carbons (Fsp3) is 0.286. The fourth-order valence-electron chi connectivity index (χ4n) is 1.64. The molecule has 0 fully saturated rings. The molecule has 0 atom stereocenters. The highest BCUT2D eigenvalue weighted by Crippen LogP contribution is 2.29. The van der Waals surface area contributed by atoms with Crippen LogP contribution in [-0.4, -0.2) is 17.1 Å². The number of nitrogens with zero attached hydrogens (tertiary/aromatic N) is 2. The van der Waals surface area contributed by atoms with Gasteiger partial charge in [0.25, 0.3) is 0 Å². The number of anilines is 2. The molecule has 0 aliphatic carbocycles. The van der Waals surface area contributed by atoms with Gasteiger partial charge >= 0.3 is 0 Å². The van der Waals surface area contributed by atoms with E-state index < -0.39 is 0 Å². The number of halogens is 2. The van der Waals surface area contributed by atoms with Crippen molar-refractivity contribution in [1.82, 2.24) is 9.97 Å². The van der Waals surface area contributed by atoms with Gasteiger partial charge < -0.3 is 10.1 Å². The lowest BCUT2D eigenvalue weighted by Gasteiger charge is -2.11. The number of rotatable bonds is 4. The third-order valence-corrected chi connectivity index (χ3v) is 3.50. The predicted octanol–water partition coefficient (Wildman–Crippen LogP) is 4.77. The maximum atomic E-state index is 6.02. The first-order valence-corrected chi connectivity index (χ1v) is 7.31. The van der Waals surface area contributed by atoms with Gasteiger partial charge in [0.1, 0.15) is 22.5 Å². The SMILES string of the molecule is COc1cc(Nc2cc(Cl)nc(C(C)C)n2)ccc1Br. The minimum Gasteiger partial charge on any atom is -0.495 e. The standard InChI is InChI=1S/C14H15BrClN3O/c1-8(2)14-18-12(16)7-13(19-14)17-9-4-5-10(15)11(6-9)20-3/h4-8H,1-3H3,(H,17,18,19). The van der Waals surface area contributed by atoms with Crippen LogP contribution in [-0.2, 0) is 0 Å². The Hall–Kier alpha value is -1.33. The fourth-order valence-corrected chi connectivity index (χ4v) is 2.24. The van der Waals surface area contributed by atoms with Gasteiger partial charge in [-0.05, 0) is 28.1 Å². The third kappa shape index (κ3) is 3.61. The van der Waals surface area contributed by atoms with E-state index in [9.17, 15) is 0 Å². The van der Waals surface area contributed by atoms with Crippen molar-refractivity contribution < 1.29 is 4.74 Å². The second-order valence-electron chi connectivity index (χ2n) is 4.56. The molecule has 106 valence electrons. The average molecular weight is 357 g/mol. The van der Waals surface area contributed by atoms with Gasteiger partial charge in [-0.3, -0.25) is 0 Å². The van der Waals surface area contributed by atoms with E-state index in [2.05, 4.69) is 31.2 Å². The number of nitrogens with one attached hydrogen (secondary N) is 1. The summed E-state index contributed by atoms with van der Waals surface area (Å²) in [5.74, 6) is 2.34. The highest BCUT2D eigenvalue weighted by atomic mass is 79.9. The zero-order chi connectivity index (χ0) is 14.7. The number of methoxy groups -OCH3 is 1. The lowest BCUT2D eigenvalue weighted by Crippen LogP contribution is -2.02. The molecule has 4 nitrogen and oxygen atoms in total. The number of benzene rings is 1. The predicted molar refractivity (Wildman–Crippen MR) is 85.1 cm³/mol. The normalized spacial score (nSPS) is 10.7. The van der Waals surface area contributed by atoms with Crippen LogP contribution in [0.4, 0.5) is 11.5 Å². The second-order valence-corrected chi connectivity index (χ2v) is 5.80. The minimum atomic E-state index is 0.216. The zero-order valence-electron chi connectivity index (χ0n) is 11.4. The van der Waals surface area contributed by atoms with Crippen molar-refractivity contribution in [2.24, 2.45) is 0 Å². The first-order chi connectivity index (χ1) is 9.49. The lowest BCUT2D eigenvalue weighted by molar-refractivity contribution is 0.412. The van der Waals surface area contributed by atoms with Crippen LogP contribution in [0.5, 0.6) is 5.75 Å². The van der Waals surface area contributed by atoms with E-state index in [1.54, 1.807) is 13.2 Å². The van der Waals surface area contributed by atoms with Crippen LogP contribution in [0.25, 0.3) is 0 Å². The molecule has 0 amide bonds. The van der Waals surface area contributed by atoms with E-state index in [4.69, 9.17) is 16.3 Å². The molecular formula is C14H15BrClN3O. The molecule has 2 aromatic rings. The Morgan fingerprint density at radius 1 is 1.25 bits per heavy atom. The van der Waals surface area contributed by atoms with E-state index in [1.807, 2.05) is 32.0 Å². The molecule has 0 unspecified atom stereocenters. The maximum absolute atomic E-state index is 6.02. The summed E-state index contributed by atoms with van der Waals surface area (Å²) >= 11 is 9.44. The van der Waals surface area contributed by atoms with Gasteiger partial charge in [-0.25, -0.2) is 9.97 Å². The Labute approximate surface area is 131 Å². The number of hydrogen-bond donors (Lipinski definition) is 1. The quantitative estimate of drug-likeness (QED) is 0.802. The van der Waals surface area contributed by atoms with Crippen LogP contribution < -0.4 is 10.1 Å². The molecule has 1 aromatic heterocycles. The molecule has 1 N–H and O–H groups in total. The molecule has 0 bridgehead atoms. The molecule has 0 spiro atoms. The molecule has 0 radical (unpaired) electrons. The summed E-state index contributed by atoms with van der Waals surface area (Å²) in [6.45, 7) is 4.05. The summed E-state index contributed by atoms with van der Waals surface area (Å²) in [4.78, 5) is 8.65. The highest BCUT2D eigenvalue weighted by molar-refractivity contribution is 9.10. The molecular weight excluding hydrogens is 342 g/mol. The Morgan fingerprint density at radius 3 is 2.65 bits per heavy atom. The Morgan fingerprint density at radius 2 is 2.00 bits per heavy atom. The molecule has 0 saturated carbocycles. The molecule has 0 aliphatic rings. The highest BCUT2D eigenvalue weighted by Gasteiger charge is 2.08. The maximum Gasteiger partial charge on any atom is 0.135 e. The largest absolute Gasteiger partial charge is 0.495 e. The van der Waals surface area contributed by atoms with Crippen LogP contribution in [0.15, 0.2) is 28.7 Å². The van der Waals surface area contributed by atoms with Gasteiger partial charge in [0.15, 0.2) is 0 Å². The molecule has 1 heterocycles. The van der Waals surface area contributed by atoms with E-state index in [0.717, 1.165) is 15.9 Å². The average Bonchev–Trinajstić information content (AvgIpc) is 2.40. The van der Waals surface area contributed by atoms with Crippen molar-refractivity contribution in [1.29, 1.82) is 0 Å². The Kier molecular flexibility index (Phi) is 4.83. The number of ether oxygens (including phenoxy) is 1. The minimum absolute atomic E-state index is 0.216. The zero-order valence-corrected chi connectivity index (χ0v) is 13.8. The summed E-state index contributed by atoms with van der Waals surface area (Å²) in [6.07, 6.45) is 0. The summed E-state index contributed by atoms with van der Waals surface area (Å²) < 4.78 is 6.16. The summed E-state index contributed by atoms with van der Waals surface area (Å²) in [7, 11) is 1.63. The molecule has 2 rings (SSSR count). The summed E-state index contributed by atoms with van der Waals surface area (Å²) in [5, 5.41) is 3.63. The van der Waals surface area contributed by atoms with E-state index in [1.165, 1.54) is 0 Å². The van der Waals surface area contributed by atoms with Gasteiger partial charge in [-0.1, -0.05) is 25.4 Å². The Bertz CT molecular complexity index is 619. The van der Waals surface area contributed by atoms with E-state index >= 15 is 0 Å².